The number of nitrogens with one attached hydrogen (secondary N) is 2. The van der Waals surface area contributed by atoms with E-state index in [9.17, 15) is 14.4 Å². The Morgan fingerprint density at radius 3 is 2.14 bits per heavy atom. The van der Waals surface area contributed by atoms with Crippen LogP contribution in [-0.4, -0.2) is 35.0 Å². The molecule has 0 heterocycles. The lowest BCUT2D eigenvalue weighted by atomic mass is 9.92. The molecular formula is C15H28N2O4. The van der Waals surface area contributed by atoms with Crippen LogP contribution in [-0.2, 0) is 14.4 Å². The highest BCUT2D eigenvalue weighted by molar-refractivity contribution is 5.90. The number of hydrogen-bond donors (Lipinski definition) is 3. The Balaban J connectivity index is 4.42. The first-order valence-corrected chi connectivity index (χ1v) is 7.39. The molecular weight excluding hydrogens is 272 g/mol. The third-order valence-corrected chi connectivity index (χ3v) is 2.92. The van der Waals surface area contributed by atoms with Crippen LogP contribution in [0.15, 0.2) is 0 Å². The monoisotopic (exact) mass is 300 g/mol. The van der Waals surface area contributed by atoms with Crippen molar-refractivity contribution in [2.45, 2.75) is 72.4 Å². The smallest absolute Gasteiger partial charge is 0.326 e. The number of unbranched alkanes of at least 4 members (excludes halogenated alkanes) is 1. The second-order valence-electron chi connectivity index (χ2n) is 6.57. The van der Waals surface area contributed by atoms with Crippen LogP contribution >= 0.6 is 0 Å². The standard InChI is InChI=1S/C15H28N2O4/c1-6-7-8-11(14(20)21)17-13(19)10(2)16-12(18)9-15(3,4)5/h10-11H,6-9H2,1-5H3,(H,16,18)(H,17,19)(H,20,21). The van der Waals surface area contributed by atoms with Gasteiger partial charge in [0.25, 0.3) is 0 Å². The summed E-state index contributed by atoms with van der Waals surface area (Å²) >= 11 is 0. The zero-order valence-corrected chi connectivity index (χ0v) is 13.7. The van der Waals surface area contributed by atoms with Crippen LogP contribution in [0.2, 0.25) is 0 Å². The lowest BCUT2D eigenvalue weighted by molar-refractivity contribution is -0.142. The van der Waals surface area contributed by atoms with Crippen LogP contribution < -0.4 is 10.6 Å². The van der Waals surface area contributed by atoms with Crippen LogP contribution in [0.1, 0.15) is 60.3 Å². The van der Waals surface area contributed by atoms with Crippen molar-refractivity contribution >= 4 is 17.8 Å². The fourth-order valence-electron chi connectivity index (χ4n) is 1.80. The summed E-state index contributed by atoms with van der Waals surface area (Å²) in [6.45, 7) is 9.30. The van der Waals surface area contributed by atoms with Crippen molar-refractivity contribution in [2.75, 3.05) is 0 Å². The Morgan fingerprint density at radius 1 is 1.14 bits per heavy atom. The van der Waals surface area contributed by atoms with Crippen molar-refractivity contribution in [3.63, 3.8) is 0 Å². The highest BCUT2D eigenvalue weighted by Crippen LogP contribution is 2.17. The number of carbonyl (C=O) groups excluding carboxylic acids is 2. The van der Waals surface area contributed by atoms with Gasteiger partial charge in [0.15, 0.2) is 0 Å². The minimum absolute atomic E-state index is 0.162. The van der Waals surface area contributed by atoms with Gasteiger partial charge in [-0.2, -0.15) is 0 Å². The number of amides is 2. The highest BCUT2D eigenvalue weighted by Gasteiger charge is 2.24. The topological polar surface area (TPSA) is 95.5 Å². The minimum Gasteiger partial charge on any atom is -0.480 e. The number of aliphatic carboxylic acids is 1. The first kappa shape index (κ1) is 19.4. The minimum atomic E-state index is -1.05. The molecule has 0 aromatic rings. The molecule has 2 atom stereocenters. The van der Waals surface area contributed by atoms with Crippen molar-refractivity contribution < 1.29 is 19.5 Å². The van der Waals surface area contributed by atoms with Gasteiger partial charge in [0.2, 0.25) is 11.8 Å². The van der Waals surface area contributed by atoms with Gasteiger partial charge in [0.05, 0.1) is 0 Å². The average Bonchev–Trinajstić information content (AvgIpc) is 2.30. The second-order valence-corrected chi connectivity index (χ2v) is 6.57. The molecule has 0 aromatic heterocycles. The van der Waals surface area contributed by atoms with Crippen molar-refractivity contribution in [3.8, 4) is 0 Å². The molecule has 0 aliphatic heterocycles. The molecule has 0 bridgehead atoms. The molecule has 0 radical (unpaired) electrons. The zero-order chi connectivity index (χ0) is 16.6. The van der Waals surface area contributed by atoms with Crippen LogP contribution in [0.5, 0.6) is 0 Å². The van der Waals surface area contributed by atoms with E-state index in [1.165, 1.54) is 0 Å². The summed E-state index contributed by atoms with van der Waals surface area (Å²) < 4.78 is 0. The summed E-state index contributed by atoms with van der Waals surface area (Å²) in [6, 6.07) is -1.65. The fraction of sp³-hybridized carbons (Fsp3) is 0.800. The maximum absolute atomic E-state index is 11.9. The summed E-state index contributed by atoms with van der Waals surface area (Å²) in [6.07, 6.45) is 2.28. The van der Waals surface area contributed by atoms with Gasteiger partial charge in [-0.25, -0.2) is 4.79 Å². The number of hydrogen-bond acceptors (Lipinski definition) is 3. The second kappa shape index (κ2) is 8.64. The van der Waals surface area contributed by atoms with E-state index >= 15 is 0 Å². The van der Waals surface area contributed by atoms with Gasteiger partial charge in [0, 0.05) is 6.42 Å². The van der Waals surface area contributed by atoms with Crippen LogP contribution in [0, 0.1) is 5.41 Å². The van der Waals surface area contributed by atoms with Crippen LogP contribution in [0.25, 0.3) is 0 Å². The molecule has 0 saturated carbocycles. The van der Waals surface area contributed by atoms with Gasteiger partial charge in [-0.15, -0.1) is 0 Å². The quantitative estimate of drug-likeness (QED) is 0.635. The number of carboxylic acids is 1. The first-order valence-electron chi connectivity index (χ1n) is 7.39. The Kier molecular flexibility index (Phi) is 7.99. The number of carbonyl (C=O) groups is 3. The van der Waals surface area contributed by atoms with Crippen molar-refractivity contribution in [2.24, 2.45) is 5.41 Å². The maximum Gasteiger partial charge on any atom is 0.326 e. The van der Waals surface area contributed by atoms with Gasteiger partial charge in [-0.3, -0.25) is 9.59 Å². The molecule has 0 aliphatic rings. The molecule has 6 heteroatoms. The van der Waals surface area contributed by atoms with Crippen molar-refractivity contribution in [3.05, 3.63) is 0 Å². The lowest BCUT2D eigenvalue weighted by Crippen LogP contribution is -2.50. The predicted octanol–water partition coefficient (Wildman–Crippen LogP) is 1.69. The Bertz CT molecular complexity index is 374. The van der Waals surface area contributed by atoms with Gasteiger partial charge in [-0.1, -0.05) is 40.5 Å². The molecule has 21 heavy (non-hydrogen) atoms. The molecule has 122 valence electrons. The van der Waals surface area contributed by atoms with E-state index in [0.717, 1.165) is 12.8 Å². The highest BCUT2D eigenvalue weighted by atomic mass is 16.4. The van der Waals surface area contributed by atoms with E-state index in [4.69, 9.17) is 5.11 Å². The molecule has 0 saturated heterocycles. The van der Waals surface area contributed by atoms with E-state index in [1.54, 1.807) is 6.92 Å². The van der Waals surface area contributed by atoms with Crippen LogP contribution in [0.3, 0.4) is 0 Å². The molecule has 3 N–H and O–H groups in total. The summed E-state index contributed by atoms with van der Waals surface area (Å²) in [7, 11) is 0. The van der Waals surface area contributed by atoms with E-state index in [0.29, 0.717) is 12.8 Å². The van der Waals surface area contributed by atoms with Gasteiger partial charge < -0.3 is 15.7 Å². The maximum atomic E-state index is 11.9. The SMILES string of the molecule is CCCCC(NC(=O)C(C)NC(=O)CC(C)(C)C)C(=O)O. The lowest BCUT2D eigenvalue weighted by Gasteiger charge is -2.21. The average molecular weight is 300 g/mol. The van der Waals surface area contributed by atoms with E-state index < -0.39 is 24.0 Å². The first-order chi connectivity index (χ1) is 9.56. The van der Waals surface area contributed by atoms with Crippen molar-refractivity contribution in [1.29, 1.82) is 0 Å². The number of carboxylic acid groups (broad SMARTS) is 1. The molecule has 0 aliphatic carbocycles. The van der Waals surface area contributed by atoms with E-state index in [1.807, 2.05) is 27.7 Å². The molecule has 0 spiro atoms. The van der Waals surface area contributed by atoms with Crippen molar-refractivity contribution in [1.82, 2.24) is 10.6 Å². The van der Waals surface area contributed by atoms with Crippen LogP contribution in [0.4, 0.5) is 0 Å². The summed E-state index contributed by atoms with van der Waals surface area (Å²) in [5, 5.41) is 14.1. The third-order valence-electron chi connectivity index (χ3n) is 2.92. The Hall–Kier alpha value is -1.59. The van der Waals surface area contributed by atoms with Gasteiger partial charge >= 0.3 is 5.97 Å². The van der Waals surface area contributed by atoms with E-state index in [2.05, 4.69) is 10.6 Å². The van der Waals surface area contributed by atoms with E-state index in [-0.39, 0.29) is 11.3 Å². The molecule has 2 amide bonds. The molecule has 0 aromatic carbocycles. The largest absolute Gasteiger partial charge is 0.480 e. The molecule has 6 nitrogen and oxygen atoms in total. The molecule has 0 fully saturated rings. The fourth-order valence-corrected chi connectivity index (χ4v) is 1.80. The third kappa shape index (κ3) is 9.05. The predicted molar refractivity (Wildman–Crippen MR) is 80.8 cm³/mol. The molecule has 0 rings (SSSR count). The summed E-state index contributed by atoms with van der Waals surface area (Å²) in [4.78, 5) is 34.8. The summed E-state index contributed by atoms with van der Waals surface area (Å²) in [5.74, 6) is -1.74. The summed E-state index contributed by atoms with van der Waals surface area (Å²) in [5.41, 5.74) is -0.162. The normalized spacial score (nSPS) is 14.1. The molecule has 2 unspecified atom stereocenters. The Morgan fingerprint density at radius 2 is 1.71 bits per heavy atom. The Labute approximate surface area is 126 Å². The van der Waals surface area contributed by atoms with Gasteiger partial charge in [-0.05, 0) is 18.8 Å². The zero-order valence-electron chi connectivity index (χ0n) is 13.7. The number of rotatable bonds is 8. The van der Waals surface area contributed by atoms with Gasteiger partial charge in [0.1, 0.15) is 12.1 Å².